The third-order valence-corrected chi connectivity index (χ3v) is 7.14. The van der Waals surface area contributed by atoms with E-state index >= 15 is 0 Å². The van der Waals surface area contributed by atoms with Crippen molar-refractivity contribution in [2.24, 2.45) is 0 Å². The summed E-state index contributed by atoms with van der Waals surface area (Å²) < 4.78 is 13.4. The van der Waals surface area contributed by atoms with Gasteiger partial charge < -0.3 is 14.8 Å². The molecule has 37 heavy (non-hydrogen) atoms. The van der Waals surface area contributed by atoms with Gasteiger partial charge in [0.2, 0.25) is 11.1 Å². The van der Waals surface area contributed by atoms with Gasteiger partial charge in [0.1, 0.15) is 11.8 Å². The number of unbranched alkanes of at least 4 members (excludes halogenated alkanes) is 2. The van der Waals surface area contributed by atoms with Crippen LogP contribution in [0.15, 0.2) is 71.0 Å². The molecule has 2 heterocycles. The lowest BCUT2D eigenvalue weighted by Crippen LogP contribution is -2.29. The van der Waals surface area contributed by atoms with E-state index in [1.165, 1.54) is 5.56 Å². The number of benzene rings is 2. The maximum absolute atomic E-state index is 13.2. The van der Waals surface area contributed by atoms with E-state index in [1.807, 2.05) is 54.1 Å². The van der Waals surface area contributed by atoms with E-state index in [0.29, 0.717) is 29.9 Å². The number of nitrogens with zero attached hydrogens (tertiary/aromatic N) is 3. The van der Waals surface area contributed by atoms with Crippen LogP contribution < -0.4 is 10.1 Å². The summed E-state index contributed by atoms with van der Waals surface area (Å²) in [5, 5.41) is 8.76. The number of aromatic nitrogens is 3. The summed E-state index contributed by atoms with van der Waals surface area (Å²) in [6.07, 6.45) is 4.86. The SMILES string of the molecule is CCCCOC(=O)C1=C(C)Nc2nc(SCCCC)nn2C1c1ccc(OCCc2ccccc2)cc1. The van der Waals surface area contributed by atoms with Crippen LogP contribution in [0.25, 0.3) is 0 Å². The minimum Gasteiger partial charge on any atom is -0.493 e. The maximum Gasteiger partial charge on any atom is 0.338 e. The van der Waals surface area contributed by atoms with Crippen molar-refractivity contribution in [3.8, 4) is 5.75 Å². The Kier molecular flexibility index (Phi) is 9.65. The summed E-state index contributed by atoms with van der Waals surface area (Å²) in [6, 6.07) is 17.7. The molecule has 4 rings (SSSR count). The van der Waals surface area contributed by atoms with Crippen LogP contribution in [0.1, 0.15) is 63.6 Å². The maximum atomic E-state index is 13.2. The highest BCUT2D eigenvalue weighted by molar-refractivity contribution is 7.99. The Labute approximate surface area is 223 Å². The second-order valence-electron chi connectivity index (χ2n) is 9.07. The van der Waals surface area contributed by atoms with Crippen LogP contribution in [-0.4, -0.2) is 39.7 Å². The van der Waals surface area contributed by atoms with Crippen molar-refractivity contribution in [3.63, 3.8) is 0 Å². The van der Waals surface area contributed by atoms with Crippen molar-refractivity contribution in [2.75, 3.05) is 24.3 Å². The molecular weight excluding hydrogens is 484 g/mol. The molecule has 0 saturated carbocycles. The number of hydrogen-bond acceptors (Lipinski definition) is 7. The average Bonchev–Trinajstić information content (AvgIpc) is 3.31. The third kappa shape index (κ3) is 6.95. The number of allylic oxidation sites excluding steroid dienone is 1. The lowest BCUT2D eigenvalue weighted by atomic mass is 9.96. The molecule has 0 spiro atoms. The summed E-state index contributed by atoms with van der Waals surface area (Å²) in [6.45, 7) is 7.13. The predicted octanol–water partition coefficient (Wildman–Crippen LogP) is 6.42. The number of anilines is 1. The highest BCUT2D eigenvalue weighted by Crippen LogP contribution is 2.37. The van der Waals surface area contributed by atoms with Gasteiger partial charge in [-0.2, -0.15) is 4.98 Å². The van der Waals surface area contributed by atoms with E-state index in [0.717, 1.165) is 54.9 Å². The summed E-state index contributed by atoms with van der Waals surface area (Å²) in [5.74, 6) is 2.05. The van der Waals surface area contributed by atoms with Crippen molar-refractivity contribution >= 4 is 23.7 Å². The van der Waals surface area contributed by atoms with Crippen molar-refractivity contribution in [1.82, 2.24) is 14.8 Å². The number of rotatable bonds is 13. The zero-order valence-corrected chi connectivity index (χ0v) is 22.7. The fourth-order valence-electron chi connectivity index (χ4n) is 4.14. The molecule has 0 bridgehead atoms. The van der Waals surface area contributed by atoms with E-state index in [2.05, 4.69) is 31.3 Å². The Morgan fingerprint density at radius 3 is 2.51 bits per heavy atom. The fraction of sp³-hybridized carbons (Fsp3) is 0.414. The number of esters is 1. The van der Waals surface area contributed by atoms with Gasteiger partial charge in [-0.1, -0.05) is 80.9 Å². The van der Waals surface area contributed by atoms with Gasteiger partial charge in [0.25, 0.3) is 0 Å². The highest BCUT2D eigenvalue weighted by atomic mass is 32.2. The first-order valence-electron chi connectivity index (χ1n) is 13.1. The second kappa shape index (κ2) is 13.3. The molecule has 3 aromatic rings. The van der Waals surface area contributed by atoms with Crippen LogP contribution in [0.3, 0.4) is 0 Å². The Hall–Kier alpha value is -3.26. The molecule has 1 N–H and O–H groups in total. The number of carbonyl (C=O) groups excluding carboxylic acids is 1. The Morgan fingerprint density at radius 1 is 1.03 bits per heavy atom. The van der Waals surface area contributed by atoms with Crippen LogP contribution in [-0.2, 0) is 16.0 Å². The molecule has 1 unspecified atom stereocenters. The Morgan fingerprint density at radius 2 is 1.78 bits per heavy atom. The lowest BCUT2D eigenvalue weighted by molar-refractivity contribution is -0.139. The van der Waals surface area contributed by atoms with E-state index in [9.17, 15) is 4.79 Å². The topological polar surface area (TPSA) is 78.3 Å². The normalized spacial score (nSPS) is 14.7. The van der Waals surface area contributed by atoms with Crippen LogP contribution in [0.5, 0.6) is 5.75 Å². The molecule has 1 aromatic heterocycles. The van der Waals surface area contributed by atoms with Gasteiger partial charge in [0.05, 0.1) is 18.8 Å². The van der Waals surface area contributed by atoms with Crippen molar-refractivity contribution < 1.29 is 14.3 Å². The number of hydrogen-bond donors (Lipinski definition) is 1. The van der Waals surface area contributed by atoms with Crippen molar-refractivity contribution in [3.05, 3.63) is 77.0 Å². The molecule has 0 amide bonds. The van der Waals surface area contributed by atoms with Crippen molar-refractivity contribution in [2.45, 2.75) is 64.1 Å². The van der Waals surface area contributed by atoms with Crippen LogP contribution in [0, 0.1) is 0 Å². The van der Waals surface area contributed by atoms with Gasteiger partial charge in [-0.3, -0.25) is 0 Å². The van der Waals surface area contributed by atoms with Crippen LogP contribution in [0.4, 0.5) is 5.95 Å². The van der Waals surface area contributed by atoms with Gasteiger partial charge in [-0.05, 0) is 43.0 Å². The first kappa shape index (κ1) is 26.8. The summed E-state index contributed by atoms with van der Waals surface area (Å²) in [7, 11) is 0. The minimum atomic E-state index is -0.434. The van der Waals surface area contributed by atoms with E-state index in [4.69, 9.17) is 19.6 Å². The zero-order valence-electron chi connectivity index (χ0n) is 21.9. The predicted molar refractivity (Wildman–Crippen MR) is 148 cm³/mol. The summed E-state index contributed by atoms with van der Waals surface area (Å²) in [5.41, 5.74) is 3.46. The number of carbonyl (C=O) groups is 1. The minimum absolute atomic E-state index is 0.326. The molecule has 0 fully saturated rings. The average molecular weight is 521 g/mol. The molecule has 196 valence electrons. The molecule has 7 nitrogen and oxygen atoms in total. The lowest BCUT2D eigenvalue weighted by Gasteiger charge is -2.28. The fourth-order valence-corrected chi connectivity index (χ4v) is 5.05. The quantitative estimate of drug-likeness (QED) is 0.158. The van der Waals surface area contributed by atoms with Crippen LogP contribution in [0.2, 0.25) is 0 Å². The number of thioether (sulfide) groups is 1. The van der Waals surface area contributed by atoms with Crippen molar-refractivity contribution in [1.29, 1.82) is 0 Å². The second-order valence-corrected chi connectivity index (χ2v) is 10.1. The van der Waals surface area contributed by atoms with E-state index < -0.39 is 6.04 Å². The van der Waals surface area contributed by atoms with Gasteiger partial charge in [0, 0.05) is 17.9 Å². The third-order valence-electron chi connectivity index (χ3n) is 6.21. The van der Waals surface area contributed by atoms with E-state index in [1.54, 1.807) is 11.8 Å². The molecule has 0 radical (unpaired) electrons. The molecule has 8 heteroatoms. The Balaban J connectivity index is 1.55. The number of ether oxygens (including phenoxy) is 2. The van der Waals surface area contributed by atoms with Gasteiger partial charge in [-0.15, -0.1) is 5.10 Å². The summed E-state index contributed by atoms with van der Waals surface area (Å²) in [4.78, 5) is 17.9. The molecule has 1 atom stereocenters. The smallest absolute Gasteiger partial charge is 0.338 e. The summed E-state index contributed by atoms with van der Waals surface area (Å²) >= 11 is 1.64. The van der Waals surface area contributed by atoms with Gasteiger partial charge in [0.15, 0.2) is 0 Å². The first-order chi connectivity index (χ1) is 18.1. The molecule has 0 aliphatic carbocycles. The Bertz CT molecular complexity index is 1190. The molecule has 0 saturated heterocycles. The number of fused-ring (bicyclic) bond motifs is 1. The van der Waals surface area contributed by atoms with Crippen LogP contribution >= 0.6 is 11.8 Å². The molecule has 1 aliphatic rings. The van der Waals surface area contributed by atoms with E-state index in [-0.39, 0.29) is 5.97 Å². The molecular formula is C29H36N4O3S. The molecule has 1 aliphatic heterocycles. The van der Waals surface area contributed by atoms with Gasteiger partial charge >= 0.3 is 5.97 Å². The van der Waals surface area contributed by atoms with Gasteiger partial charge in [-0.25, -0.2) is 9.48 Å². The monoisotopic (exact) mass is 520 g/mol. The largest absolute Gasteiger partial charge is 0.493 e. The first-order valence-corrected chi connectivity index (χ1v) is 14.1. The molecule has 2 aromatic carbocycles. The highest BCUT2D eigenvalue weighted by Gasteiger charge is 2.35. The zero-order chi connectivity index (χ0) is 26.0. The standard InChI is InChI=1S/C29H36N4O3S/c1-4-6-18-36-27(34)25-21(3)30-28-31-29(37-20-7-5-2)32-33(28)26(25)23-13-15-24(16-14-23)35-19-17-22-11-9-8-10-12-22/h8-16,26H,4-7,17-20H2,1-3H3,(H,30,31,32). The number of nitrogens with one attached hydrogen (secondary N) is 1.